The van der Waals surface area contributed by atoms with E-state index in [1.54, 1.807) is 11.6 Å². The molecular weight excluding hydrogens is 382 g/mol. The van der Waals surface area contributed by atoms with Gasteiger partial charge in [0.25, 0.3) is 15.9 Å². The Hall–Kier alpha value is -2.56. The zero-order valence-electron chi connectivity index (χ0n) is 15.4. The van der Waals surface area contributed by atoms with Crippen LogP contribution in [-0.2, 0) is 35.0 Å². The van der Waals surface area contributed by atoms with Crippen molar-refractivity contribution in [1.82, 2.24) is 24.0 Å². The third-order valence-electron chi connectivity index (χ3n) is 4.62. The lowest BCUT2D eigenvalue weighted by Crippen LogP contribution is -2.29. The van der Waals surface area contributed by atoms with Crippen molar-refractivity contribution in [1.29, 1.82) is 0 Å². The van der Waals surface area contributed by atoms with Crippen molar-refractivity contribution >= 4 is 10.0 Å². The molecule has 1 atom stereocenters. The molecule has 0 saturated carbocycles. The number of hydrogen-bond donors (Lipinski definition) is 0. The number of rotatable bonds is 7. The van der Waals surface area contributed by atoms with Crippen LogP contribution >= 0.6 is 0 Å². The number of aryl methyl sites for hydroxylation is 1. The van der Waals surface area contributed by atoms with Gasteiger partial charge in [-0.1, -0.05) is 35.5 Å². The van der Waals surface area contributed by atoms with Gasteiger partial charge in [0.05, 0.1) is 12.9 Å². The topological polar surface area (TPSA) is 103 Å². The molecule has 1 saturated heterocycles. The summed E-state index contributed by atoms with van der Waals surface area (Å²) in [6.07, 6.45) is 3.61. The van der Waals surface area contributed by atoms with E-state index in [-0.39, 0.29) is 17.6 Å². The van der Waals surface area contributed by atoms with E-state index in [4.69, 9.17) is 9.26 Å². The van der Waals surface area contributed by atoms with Gasteiger partial charge < -0.3 is 13.8 Å². The Kier molecular flexibility index (Phi) is 5.25. The predicted molar refractivity (Wildman–Crippen MR) is 98.6 cm³/mol. The van der Waals surface area contributed by atoms with E-state index in [2.05, 4.69) is 15.1 Å². The fourth-order valence-electron chi connectivity index (χ4n) is 3.13. The van der Waals surface area contributed by atoms with Gasteiger partial charge in [-0.3, -0.25) is 0 Å². The first kappa shape index (κ1) is 18.8. The molecule has 1 fully saturated rings. The van der Waals surface area contributed by atoms with Gasteiger partial charge >= 0.3 is 0 Å². The smallest absolute Gasteiger partial charge is 0.262 e. The first-order valence-corrected chi connectivity index (χ1v) is 10.4. The summed E-state index contributed by atoms with van der Waals surface area (Å²) in [5.41, 5.74) is 1.06. The SMILES string of the molecule is Cn1cnc(S(=O)(=O)N2CCC(c3noc(COCc4ccccc4)n3)C2)c1. The van der Waals surface area contributed by atoms with Gasteiger partial charge in [0.2, 0.25) is 0 Å². The van der Waals surface area contributed by atoms with Crippen molar-refractivity contribution in [2.75, 3.05) is 13.1 Å². The number of benzene rings is 1. The highest BCUT2D eigenvalue weighted by molar-refractivity contribution is 7.89. The molecule has 0 bridgehead atoms. The van der Waals surface area contributed by atoms with Gasteiger partial charge in [0, 0.05) is 32.3 Å². The van der Waals surface area contributed by atoms with Crippen LogP contribution in [0.4, 0.5) is 0 Å². The molecule has 1 aromatic carbocycles. The largest absolute Gasteiger partial charge is 0.367 e. The van der Waals surface area contributed by atoms with Gasteiger partial charge in [-0.15, -0.1) is 0 Å². The summed E-state index contributed by atoms with van der Waals surface area (Å²) < 4.78 is 39.2. The zero-order valence-corrected chi connectivity index (χ0v) is 16.2. The first-order valence-electron chi connectivity index (χ1n) is 8.94. The van der Waals surface area contributed by atoms with Crippen LogP contribution in [0.2, 0.25) is 0 Å². The van der Waals surface area contributed by atoms with Crippen LogP contribution in [0, 0.1) is 0 Å². The lowest BCUT2D eigenvalue weighted by Gasteiger charge is -2.13. The fourth-order valence-corrected chi connectivity index (χ4v) is 4.60. The summed E-state index contributed by atoms with van der Waals surface area (Å²) in [7, 11) is -1.87. The Labute approximate surface area is 163 Å². The molecule has 3 heterocycles. The van der Waals surface area contributed by atoms with E-state index < -0.39 is 10.0 Å². The van der Waals surface area contributed by atoms with E-state index in [1.165, 1.54) is 16.8 Å². The summed E-state index contributed by atoms with van der Waals surface area (Å²) >= 11 is 0. The molecule has 3 aromatic rings. The molecule has 1 unspecified atom stereocenters. The molecule has 0 amide bonds. The highest BCUT2D eigenvalue weighted by atomic mass is 32.2. The van der Waals surface area contributed by atoms with Crippen LogP contribution in [0.1, 0.15) is 29.6 Å². The van der Waals surface area contributed by atoms with Crippen LogP contribution in [0.15, 0.2) is 52.4 Å². The van der Waals surface area contributed by atoms with Crippen molar-refractivity contribution in [3.05, 3.63) is 60.1 Å². The van der Waals surface area contributed by atoms with Crippen molar-refractivity contribution in [2.45, 2.75) is 30.6 Å². The third-order valence-corrected chi connectivity index (χ3v) is 6.37. The van der Waals surface area contributed by atoms with Crippen molar-refractivity contribution in [3.63, 3.8) is 0 Å². The first-order chi connectivity index (χ1) is 13.5. The Morgan fingerprint density at radius 1 is 1.25 bits per heavy atom. The molecule has 2 aromatic heterocycles. The maximum absolute atomic E-state index is 12.7. The summed E-state index contributed by atoms with van der Waals surface area (Å²) in [5.74, 6) is 0.791. The van der Waals surface area contributed by atoms with Gasteiger partial charge in [0.1, 0.15) is 6.61 Å². The second kappa shape index (κ2) is 7.82. The standard InChI is InChI=1S/C18H21N5O4S/c1-22-10-17(19-13-22)28(24,25)23-8-7-15(9-23)18-20-16(27-21-18)12-26-11-14-5-3-2-4-6-14/h2-6,10,13,15H,7-9,11-12H2,1H3. The molecular formula is C18H21N5O4S. The van der Waals surface area contributed by atoms with E-state index in [0.29, 0.717) is 37.8 Å². The molecule has 0 N–H and O–H groups in total. The summed E-state index contributed by atoms with van der Waals surface area (Å²) in [6, 6.07) is 9.82. The maximum atomic E-state index is 12.7. The van der Waals surface area contributed by atoms with Crippen LogP contribution in [0.5, 0.6) is 0 Å². The second-order valence-corrected chi connectivity index (χ2v) is 8.64. The molecule has 0 aliphatic carbocycles. The highest BCUT2D eigenvalue weighted by Crippen LogP contribution is 2.29. The van der Waals surface area contributed by atoms with Crippen LogP contribution in [0.3, 0.4) is 0 Å². The van der Waals surface area contributed by atoms with Gasteiger partial charge in [0.15, 0.2) is 10.9 Å². The van der Waals surface area contributed by atoms with Crippen molar-refractivity contribution in [2.24, 2.45) is 7.05 Å². The zero-order chi connectivity index (χ0) is 19.6. The minimum Gasteiger partial charge on any atom is -0.367 e. The minimum absolute atomic E-state index is 0.0544. The maximum Gasteiger partial charge on any atom is 0.262 e. The Bertz CT molecular complexity index is 1030. The van der Waals surface area contributed by atoms with E-state index >= 15 is 0 Å². The summed E-state index contributed by atoms with van der Waals surface area (Å²) in [4.78, 5) is 8.33. The van der Waals surface area contributed by atoms with Crippen LogP contribution in [-0.4, -0.2) is 45.5 Å². The Balaban J connectivity index is 1.34. The Morgan fingerprint density at radius 2 is 2.07 bits per heavy atom. The van der Waals surface area contributed by atoms with Crippen LogP contribution in [0.25, 0.3) is 0 Å². The second-order valence-electron chi connectivity index (χ2n) is 6.75. The normalized spacial score (nSPS) is 18.0. The Morgan fingerprint density at radius 3 is 2.82 bits per heavy atom. The van der Waals surface area contributed by atoms with Gasteiger partial charge in [-0.05, 0) is 12.0 Å². The number of imidazole rings is 1. The molecule has 9 nitrogen and oxygen atoms in total. The molecule has 0 spiro atoms. The molecule has 28 heavy (non-hydrogen) atoms. The number of aromatic nitrogens is 4. The predicted octanol–water partition coefficient (Wildman–Crippen LogP) is 1.70. The highest BCUT2D eigenvalue weighted by Gasteiger charge is 2.36. The molecule has 1 aliphatic rings. The summed E-state index contributed by atoms with van der Waals surface area (Å²) in [5, 5.41) is 4.06. The molecule has 148 valence electrons. The molecule has 4 rings (SSSR count). The van der Waals surface area contributed by atoms with E-state index in [1.807, 2.05) is 30.3 Å². The molecule has 0 radical (unpaired) electrons. The van der Waals surface area contributed by atoms with Crippen molar-refractivity contribution in [3.8, 4) is 0 Å². The van der Waals surface area contributed by atoms with Crippen molar-refractivity contribution < 1.29 is 17.7 Å². The number of sulfonamides is 1. The van der Waals surface area contributed by atoms with E-state index in [9.17, 15) is 8.42 Å². The number of nitrogens with zero attached hydrogens (tertiary/aromatic N) is 5. The van der Waals surface area contributed by atoms with Gasteiger partial charge in [-0.2, -0.15) is 9.29 Å². The monoisotopic (exact) mass is 403 g/mol. The number of ether oxygens (including phenoxy) is 1. The lowest BCUT2D eigenvalue weighted by atomic mass is 10.1. The average molecular weight is 403 g/mol. The van der Waals surface area contributed by atoms with Crippen LogP contribution < -0.4 is 0 Å². The van der Waals surface area contributed by atoms with E-state index in [0.717, 1.165) is 5.56 Å². The fraction of sp³-hybridized carbons (Fsp3) is 0.389. The van der Waals surface area contributed by atoms with Gasteiger partial charge in [-0.25, -0.2) is 13.4 Å². The minimum atomic E-state index is -3.61. The summed E-state index contributed by atoms with van der Waals surface area (Å²) in [6.45, 7) is 1.38. The average Bonchev–Trinajstić information content (AvgIpc) is 3.43. The quantitative estimate of drug-likeness (QED) is 0.591. The molecule has 10 heteroatoms. The lowest BCUT2D eigenvalue weighted by molar-refractivity contribution is 0.0850. The number of hydrogen-bond acceptors (Lipinski definition) is 7. The third kappa shape index (κ3) is 3.98. The molecule has 1 aliphatic heterocycles.